The molecule has 0 atom stereocenters. The van der Waals surface area contributed by atoms with E-state index in [1.54, 1.807) is 0 Å². The van der Waals surface area contributed by atoms with Crippen molar-refractivity contribution in [2.75, 3.05) is 26.2 Å². The highest BCUT2D eigenvalue weighted by atomic mass is 16.2. The molecule has 3 N–H and O–H groups in total. The highest BCUT2D eigenvalue weighted by Gasteiger charge is 2.33. The minimum Gasteiger partial charge on any atom is -0.351 e. The first-order valence-corrected chi connectivity index (χ1v) is 7.97. The fraction of sp³-hybridized carbons (Fsp3) is 0.529. The van der Waals surface area contributed by atoms with Crippen molar-refractivity contribution in [3.63, 3.8) is 0 Å². The predicted molar refractivity (Wildman–Crippen MR) is 89.7 cm³/mol. The normalized spacial score (nSPS) is 18.5. The third kappa shape index (κ3) is 5.33. The van der Waals surface area contributed by atoms with Crippen molar-refractivity contribution in [2.45, 2.75) is 32.4 Å². The molecule has 0 saturated carbocycles. The van der Waals surface area contributed by atoms with Crippen molar-refractivity contribution in [2.24, 2.45) is 5.73 Å². The lowest BCUT2D eigenvalue weighted by Gasteiger charge is -2.47. The van der Waals surface area contributed by atoms with Crippen LogP contribution >= 0.6 is 0 Å². The molecule has 3 amide bonds. The van der Waals surface area contributed by atoms with Crippen LogP contribution in [0.15, 0.2) is 30.3 Å². The van der Waals surface area contributed by atoms with E-state index in [0.717, 1.165) is 26.2 Å². The first-order chi connectivity index (χ1) is 10.9. The van der Waals surface area contributed by atoms with Crippen LogP contribution in [0.3, 0.4) is 0 Å². The molecule has 0 bridgehead atoms. The maximum absolute atomic E-state index is 11.5. The number of piperazine rings is 1. The van der Waals surface area contributed by atoms with E-state index in [9.17, 15) is 9.59 Å². The van der Waals surface area contributed by atoms with Crippen LogP contribution < -0.4 is 11.1 Å². The van der Waals surface area contributed by atoms with Gasteiger partial charge in [-0.1, -0.05) is 30.3 Å². The maximum atomic E-state index is 11.5. The van der Waals surface area contributed by atoms with Crippen LogP contribution in [0.1, 0.15) is 25.8 Å². The summed E-state index contributed by atoms with van der Waals surface area (Å²) in [5, 5.41) is 2.11. The molecule has 6 heteroatoms. The minimum atomic E-state index is -0.789. The van der Waals surface area contributed by atoms with E-state index in [1.165, 1.54) is 5.56 Å². The predicted octanol–water partition coefficient (Wildman–Crippen LogP) is 1.17. The van der Waals surface area contributed by atoms with Crippen LogP contribution in [-0.4, -0.2) is 53.5 Å². The molecular formula is C17H26N4O2. The fourth-order valence-corrected chi connectivity index (χ4v) is 3.04. The summed E-state index contributed by atoms with van der Waals surface area (Å²) in [6, 6.07) is 9.67. The van der Waals surface area contributed by atoms with Crippen LogP contribution in [0, 0.1) is 0 Å². The van der Waals surface area contributed by atoms with Gasteiger partial charge in [-0.3, -0.25) is 19.9 Å². The molecule has 1 saturated heterocycles. The Labute approximate surface area is 137 Å². The van der Waals surface area contributed by atoms with E-state index in [1.807, 2.05) is 6.07 Å². The number of benzene rings is 1. The first kappa shape index (κ1) is 17.4. The lowest BCUT2D eigenvalue weighted by atomic mass is 9.97. The van der Waals surface area contributed by atoms with Crippen LogP contribution in [0.25, 0.3) is 0 Å². The molecule has 1 aromatic rings. The molecule has 2 rings (SSSR count). The monoisotopic (exact) mass is 318 g/mol. The van der Waals surface area contributed by atoms with Crippen LogP contribution in [0.4, 0.5) is 4.79 Å². The topological polar surface area (TPSA) is 78.7 Å². The number of nitrogens with one attached hydrogen (secondary N) is 1. The third-order valence-corrected chi connectivity index (χ3v) is 4.29. The highest BCUT2D eigenvalue weighted by molar-refractivity contribution is 5.93. The lowest BCUT2D eigenvalue weighted by Crippen LogP contribution is -2.59. The molecule has 1 aliphatic heterocycles. The number of amides is 3. The summed E-state index contributed by atoms with van der Waals surface area (Å²) in [7, 11) is 0. The van der Waals surface area contributed by atoms with Gasteiger partial charge in [-0.2, -0.15) is 0 Å². The van der Waals surface area contributed by atoms with Gasteiger partial charge in [0.05, 0.1) is 0 Å². The molecule has 1 fully saturated rings. The van der Waals surface area contributed by atoms with Crippen molar-refractivity contribution in [1.82, 2.24) is 15.1 Å². The summed E-state index contributed by atoms with van der Waals surface area (Å²) in [5.41, 5.74) is 6.30. The standard InChI is InChI=1S/C17H26N4O2/c1-17(2)13-20(9-8-15(22)19-16(18)23)10-11-21(17)12-14-6-4-3-5-7-14/h3-7H,8-13H2,1-2H3,(H3,18,19,22,23). The largest absolute Gasteiger partial charge is 0.351 e. The number of nitrogens with two attached hydrogens (primary N) is 1. The van der Waals surface area contributed by atoms with Crippen molar-refractivity contribution >= 4 is 11.9 Å². The van der Waals surface area contributed by atoms with E-state index in [4.69, 9.17) is 5.73 Å². The van der Waals surface area contributed by atoms with Crippen LogP contribution in [0.5, 0.6) is 0 Å². The van der Waals surface area contributed by atoms with Gasteiger partial charge < -0.3 is 5.73 Å². The molecule has 23 heavy (non-hydrogen) atoms. The number of rotatable bonds is 5. The molecule has 126 valence electrons. The number of carbonyl (C=O) groups excluding carboxylic acids is 2. The number of urea groups is 1. The quantitative estimate of drug-likeness (QED) is 0.854. The number of hydrogen-bond acceptors (Lipinski definition) is 4. The Hall–Kier alpha value is -1.92. The Morgan fingerprint density at radius 2 is 1.91 bits per heavy atom. The Morgan fingerprint density at radius 1 is 1.22 bits per heavy atom. The number of nitrogens with zero attached hydrogens (tertiary/aromatic N) is 2. The number of primary amides is 1. The fourth-order valence-electron chi connectivity index (χ4n) is 3.04. The Balaban J connectivity index is 1.84. The maximum Gasteiger partial charge on any atom is 0.318 e. The van der Waals surface area contributed by atoms with Gasteiger partial charge in [0.2, 0.25) is 5.91 Å². The van der Waals surface area contributed by atoms with E-state index in [2.05, 4.69) is 53.2 Å². The zero-order chi connectivity index (χ0) is 16.9. The number of hydrogen-bond donors (Lipinski definition) is 2. The zero-order valence-corrected chi connectivity index (χ0v) is 13.9. The molecule has 0 unspecified atom stereocenters. The van der Waals surface area contributed by atoms with E-state index in [-0.39, 0.29) is 17.9 Å². The summed E-state index contributed by atoms with van der Waals surface area (Å²) in [6.07, 6.45) is 0.289. The van der Waals surface area contributed by atoms with Crippen molar-refractivity contribution < 1.29 is 9.59 Å². The van der Waals surface area contributed by atoms with Crippen molar-refractivity contribution in [3.05, 3.63) is 35.9 Å². The Kier molecular flexibility index (Phi) is 5.74. The van der Waals surface area contributed by atoms with Gasteiger partial charge in [0.15, 0.2) is 0 Å². The summed E-state index contributed by atoms with van der Waals surface area (Å²) < 4.78 is 0. The second-order valence-corrected chi connectivity index (χ2v) is 6.66. The van der Waals surface area contributed by atoms with Gasteiger partial charge in [-0.15, -0.1) is 0 Å². The second-order valence-electron chi connectivity index (χ2n) is 6.66. The third-order valence-electron chi connectivity index (χ3n) is 4.29. The van der Waals surface area contributed by atoms with E-state index >= 15 is 0 Å². The van der Waals surface area contributed by atoms with Gasteiger partial charge in [-0.25, -0.2) is 4.79 Å². The molecule has 0 spiro atoms. The molecule has 0 radical (unpaired) electrons. The summed E-state index contributed by atoms with van der Waals surface area (Å²) in [5.74, 6) is -0.318. The minimum absolute atomic E-state index is 0.0360. The van der Waals surface area contributed by atoms with E-state index in [0.29, 0.717) is 6.54 Å². The van der Waals surface area contributed by atoms with Gasteiger partial charge in [-0.05, 0) is 19.4 Å². The average molecular weight is 318 g/mol. The molecular weight excluding hydrogens is 292 g/mol. The van der Waals surface area contributed by atoms with Crippen molar-refractivity contribution in [1.29, 1.82) is 0 Å². The lowest BCUT2D eigenvalue weighted by molar-refractivity contribution is -0.120. The number of imide groups is 1. The second kappa shape index (κ2) is 7.57. The van der Waals surface area contributed by atoms with Crippen LogP contribution in [-0.2, 0) is 11.3 Å². The van der Waals surface area contributed by atoms with Gasteiger partial charge >= 0.3 is 6.03 Å². The summed E-state index contributed by atoms with van der Waals surface area (Å²) >= 11 is 0. The summed E-state index contributed by atoms with van der Waals surface area (Å²) in [4.78, 5) is 26.9. The molecule has 6 nitrogen and oxygen atoms in total. The van der Waals surface area contributed by atoms with Gasteiger partial charge in [0, 0.05) is 44.7 Å². The SMILES string of the molecule is CC1(C)CN(CCC(=O)NC(N)=O)CCN1Cc1ccccc1. The zero-order valence-electron chi connectivity index (χ0n) is 13.9. The summed E-state index contributed by atoms with van der Waals surface area (Å²) in [6.45, 7) is 8.80. The Morgan fingerprint density at radius 3 is 2.52 bits per heavy atom. The Bertz CT molecular complexity index is 545. The van der Waals surface area contributed by atoms with Gasteiger partial charge in [0.25, 0.3) is 0 Å². The molecule has 1 aromatic carbocycles. The molecule has 0 aliphatic carbocycles. The average Bonchev–Trinajstić information content (AvgIpc) is 2.48. The smallest absolute Gasteiger partial charge is 0.318 e. The van der Waals surface area contributed by atoms with Crippen LogP contribution in [0.2, 0.25) is 0 Å². The molecule has 0 aromatic heterocycles. The number of carbonyl (C=O) groups is 2. The first-order valence-electron chi connectivity index (χ1n) is 7.97. The highest BCUT2D eigenvalue weighted by Crippen LogP contribution is 2.23. The molecule has 1 aliphatic rings. The van der Waals surface area contributed by atoms with E-state index < -0.39 is 6.03 Å². The van der Waals surface area contributed by atoms with Gasteiger partial charge in [0.1, 0.15) is 0 Å². The molecule has 1 heterocycles. The van der Waals surface area contributed by atoms with Crippen molar-refractivity contribution in [3.8, 4) is 0 Å².